The fourth-order valence-corrected chi connectivity index (χ4v) is 5.41. The van der Waals surface area contributed by atoms with Gasteiger partial charge in [-0.25, -0.2) is 4.98 Å². The molecule has 2 fully saturated rings. The molecule has 2 nitrogen and oxygen atoms in total. The summed E-state index contributed by atoms with van der Waals surface area (Å²) in [6, 6.07) is 0. The van der Waals surface area contributed by atoms with Crippen LogP contribution in [0.3, 0.4) is 0 Å². The fourth-order valence-electron chi connectivity index (χ4n) is 2.94. The van der Waals surface area contributed by atoms with Gasteiger partial charge < -0.3 is 5.32 Å². The summed E-state index contributed by atoms with van der Waals surface area (Å²) in [4.78, 5) is 6.48. The van der Waals surface area contributed by atoms with Crippen LogP contribution in [-0.4, -0.2) is 16.8 Å². The Balaban J connectivity index is 1.57. The van der Waals surface area contributed by atoms with Gasteiger partial charge in [0, 0.05) is 28.3 Å². The minimum Gasteiger partial charge on any atom is -0.312 e. The molecule has 0 aliphatic heterocycles. The van der Waals surface area contributed by atoms with Crippen LogP contribution in [0.15, 0.2) is 0 Å². The predicted molar refractivity (Wildman–Crippen MR) is 89.6 cm³/mol. The van der Waals surface area contributed by atoms with E-state index in [0.29, 0.717) is 0 Å². The number of nitrogens with one attached hydrogen (secondary N) is 1. The number of aromatic nitrogens is 1. The van der Waals surface area contributed by atoms with Gasteiger partial charge in [0.25, 0.3) is 0 Å². The molecule has 0 atom stereocenters. The smallest absolute Gasteiger partial charge is 0.103 e. The predicted octanol–water partition coefficient (Wildman–Crippen LogP) is 4.70. The Hall–Kier alpha value is -0.0600. The first-order chi connectivity index (χ1) is 9.86. The molecule has 1 aromatic heterocycles. The van der Waals surface area contributed by atoms with Gasteiger partial charge in [-0.15, -0.1) is 11.3 Å². The van der Waals surface area contributed by atoms with E-state index in [-0.39, 0.29) is 0 Å². The van der Waals surface area contributed by atoms with E-state index in [2.05, 4.69) is 24.0 Å². The molecule has 0 radical (unpaired) electrons. The zero-order chi connectivity index (χ0) is 13.8. The number of rotatable bonds is 7. The summed E-state index contributed by atoms with van der Waals surface area (Å²) in [7, 11) is 0. The van der Waals surface area contributed by atoms with Crippen LogP contribution in [0.5, 0.6) is 0 Å². The summed E-state index contributed by atoms with van der Waals surface area (Å²) in [5.41, 5.74) is 1.43. The molecule has 0 spiro atoms. The van der Waals surface area contributed by atoms with Crippen LogP contribution in [0, 0.1) is 0 Å². The Kier molecular flexibility index (Phi) is 5.41. The number of hydrogen-bond acceptors (Lipinski definition) is 4. The van der Waals surface area contributed by atoms with Gasteiger partial charge in [0.05, 0.1) is 5.69 Å². The summed E-state index contributed by atoms with van der Waals surface area (Å²) >= 11 is 4.12. The first-order valence-corrected chi connectivity index (χ1v) is 10.0. The fraction of sp³-hybridized carbons (Fsp3) is 0.812. The summed E-state index contributed by atoms with van der Waals surface area (Å²) < 4.78 is 0. The van der Waals surface area contributed by atoms with E-state index in [9.17, 15) is 0 Å². The second-order valence-electron chi connectivity index (χ2n) is 6.04. The van der Waals surface area contributed by atoms with Crippen molar-refractivity contribution in [1.82, 2.24) is 10.3 Å². The molecule has 2 aliphatic rings. The molecular formula is C16H26N2S2. The first-order valence-electron chi connectivity index (χ1n) is 8.17. The number of thiazole rings is 1. The van der Waals surface area contributed by atoms with Gasteiger partial charge in [0.2, 0.25) is 0 Å². The van der Waals surface area contributed by atoms with Crippen molar-refractivity contribution in [3.63, 3.8) is 0 Å². The van der Waals surface area contributed by atoms with Crippen LogP contribution in [-0.2, 0) is 12.3 Å². The largest absolute Gasteiger partial charge is 0.312 e. The third-order valence-corrected chi connectivity index (χ3v) is 6.90. The van der Waals surface area contributed by atoms with Crippen LogP contribution < -0.4 is 5.32 Å². The molecule has 0 amide bonds. The monoisotopic (exact) mass is 310 g/mol. The maximum absolute atomic E-state index is 4.97. The first kappa shape index (κ1) is 14.9. The quantitative estimate of drug-likeness (QED) is 0.790. The Labute approximate surface area is 131 Å². The van der Waals surface area contributed by atoms with Gasteiger partial charge >= 0.3 is 0 Å². The maximum Gasteiger partial charge on any atom is 0.103 e. The number of hydrogen-bond donors (Lipinski definition) is 1. The molecule has 20 heavy (non-hydrogen) atoms. The van der Waals surface area contributed by atoms with Crippen molar-refractivity contribution in [2.75, 3.05) is 6.54 Å². The van der Waals surface area contributed by atoms with Crippen molar-refractivity contribution >= 4 is 23.1 Å². The van der Waals surface area contributed by atoms with E-state index < -0.39 is 0 Å². The number of nitrogens with zero attached hydrogens (tertiary/aromatic N) is 1. The van der Waals surface area contributed by atoms with Gasteiger partial charge in [0.1, 0.15) is 5.01 Å². The molecule has 1 aromatic rings. The highest BCUT2D eigenvalue weighted by molar-refractivity contribution is 7.99. The number of thioether (sulfide) groups is 1. The summed E-state index contributed by atoms with van der Waals surface area (Å²) in [5, 5.41) is 5.74. The van der Waals surface area contributed by atoms with Crippen molar-refractivity contribution in [3.05, 3.63) is 15.6 Å². The normalized spacial score (nSPS) is 20.4. The highest BCUT2D eigenvalue weighted by Gasteiger charge is 2.29. The third kappa shape index (κ3) is 3.99. The van der Waals surface area contributed by atoms with Gasteiger partial charge in [-0.3, -0.25) is 0 Å². The van der Waals surface area contributed by atoms with Gasteiger partial charge in [0.15, 0.2) is 0 Å². The van der Waals surface area contributed by atoms with E-state index >= 15 is 0 Å². The van der Waals surface area contributed by atoms with Gasteiger partial charge in [-0.2, -0.15) is 11.8 Å². The molecule has 0 aromatic carbocycles. The molecule has 2 aliphatic carbocycles. The van der Waals surface area contributed by atoms with E-state index in [0.717, 1.165) is 30.0 Å². The maximum atomic E-state index is 4.97. The van der Waals surface area contributed by atoms with Crippen LogP contribution >= 0.6 is 23.1 Å². The SMILES string of the molecule is CCNCc1sc(CSC2CCCCC2)nc1C1CC1. The Morgan fingerprint density at radius 1 is 1.20 bits per heavy atom. The second-order valence-corrected chi connectivity index (χ2v) is 8.50. The summed E-state index contributed by atoms with van der Waals surface area (Å²) in [5.74, 6) is 1.93. The Morgan fingerprint density at radius 2 is 2.00 bits per heavy atom. The third-order valence-electron chi connectivity index (χ3n) is 4.27. The van der Waals surface area contributed by atoms with Crippen LogP contribution in [0.4, 0.5) is 0 Å². The molecule has 1 heterocycles. The molecular weight excluding hydrogens is 284 g/mol. The average molecular weight is 311 g/mol. The minimum atomic E-state index is 0.785. The highest BCUT2D eigenvalue weighted by Crippen LogP contribution is 2.43. The molecule has 112 valence electrons. The van der Waals surface area contributed by atoms with Crippen LogP contribution in [0.25, 0.3) is 0 Å². The standard InChI is InChI=1S/C16H26N2S2/c1-2-17-10-14-16(12-8-9-12)18-15(20-14)11-19-13-6-4-3-5-7-13/h12-13,17H,2-11H2,1H3. The summed E-state index contributed by atoms with van der Waals surface area (Å²) in [6.07, 6.45) is 9.90. The lowest BCUT2D eigenvalue weighted by Gasteiger charge is -2.20. The van der Waals surface area contributed by atoms with E-state index in [1.54, 1.807) is 0 Å². The van der Waals surface area contributed by atoms with Gasteiger partial charge in [-0.1, -0.05) is 26.2 Å². The van der Waals surface area contributed by atoms with E-state index in [1.807, 2.05) is 11.3 Å². The lowest BCUT2D eigenvalue weighted by molar-refractivity contribution is 0.516. The zero-order valence-corrected chi connectivity index (χ0v) is 14.1. The Morgan fingerprint density at radius 3 is 2.70 bits per heavy atom. The van der Waals surface area contributed by atoms with Gasteiger partial charge in [-0.05, 0) is 32.2 Å². The van der Waals surface area contributed by atoms with Crippen LogP contribution in [0.2, 0.25) is 0 Å². The van der Waals surface area contributed by atoms with E-state index in [4.69, 9.17) is 4.98 Å². The second kappa shape index (κ2) is 7.28. The zero-order valence-electron chi connectivity index (χ0n) is 12.5. The summed E-state index contributed by atoms with van der Waals surface area (Å²) in [6.45, 7) is 4.25. The lowest BCUT2D eigenvalue weighted by atomic mass is 10.0. The lowest BCUT2D eigenvalue weighted by Crippen LogP contribution is -2.11. The topological polar surface area (TPSA) is 24.9 Å². The molecule has 0 bridgehead atoms. The molecule has 2 saturated carbocycles. The molecule has 4 heteroatoms. The van der Waals surface area contributed by atoms with Crippen molar-refractivity contribution in [3.8, 4) is 0 Å². The molecule has 1 N–H and O–H groups in total. The minimum absolute atomic E-state index is 0.785. The highest BCUT2D eigenvalue weighted by atomic mass is 32.2. The molecule has 0 unspecified atom stereocenters. The van der Waals surface area contributed by atoms with Crippen molar-refractivity contribution in [2.45, 2.75) is 75.3 Å². The molecule has 0 saturated heterocycles. The van der Waals surface area contributed by atoms with Crippen LogP contribution in [0.1, 0.15) is 73.4 Å². The average Bonchev–Trinajstić information content (AvgIpc) is 3.25. The van der Waals surface area contributed by atoms with E-state index in [1.165, 1.54) is 60.5 Å². The van der Waals surface area contributed by atoms with Crippen molar-refractivity contribution in [1.29, 1.82) is 0 Å². The molecule has 3 rings (SSSR count). The van der Waals surface area contributed by atoms with Crippen molar-refractivity contribution < 1.29 is 0 Å². The van der Waals surface area contributed by atoms with Crippen molar-refractivity contribution in [2.24, 2.45) is 0 Å². The Bertz CT molecular complexity index is 420.